The predicted octanol–water partition coefficient (Wildman–Crippen LogP) is 4.98. The highest BCUT2D eigenvalue weighted by molar-refractivity contribution is 5.96. The van der Waals surface area contributed by atoms with E-state index in [1.807, 2.05) is 36.5 Å². The number of carboxylic acid groups (broad SMARTS) is 1. The Balaban J connectivity index is 1.86. The van der Waals surface area contributed by atoms with Gasteiger partial charge in [0.15, 0.2) is 0 Å². The summed E-state index contributed by atoms with van der Waals surface area (Å²) in [4.78, 5) is 20.6. The van der Waals surface area contributed by atoms with Crippen LogP contribution in [0.4, 0.5) is 16.2 Å². The van der Waals surface area contributed by atoms with Gasteiger partial charge in [-0.15, -0.1) is 0 Å². The SMILES string of the molecule is Cc1cc(C)cc(-c2cncc(N(Cc3ccccc3)C(=O)O)c2N2CCC(N)CC2)c1. The van der Waals surface area contributed by atoms with E-state index < -0.39 is 6.09 Å². The molecule has 6 heteroatoms. The number of hydrogen-bond donors (Lipinski definition) is 2. The number of nitrogens with zero attached hydrogens (tertiary/aromatic N) is 3. The van der Waals surface area contributed by atoms with Crippen LogP contribution in [0.5, 0.6) is 0 Å². The smallest absolute Gasteiger partial charge is 0.412 e. The number of anilines is 2. The second kappa shape index (κ2) is 9.40. The number of pyridine rings is 1. The average molecular weight is 431 g/mol. The minimum Gasteiger partial charge on any atom is -0.465 e. The zero-order valence-corrected chi connectivity index (χ0v) is 18.7. The lowest BCUT2D eigenvalue weighted by molar-refractivity contribution is 0.201. The largest absolute Gasteiger partial charge is 0.465 e. The van der Waals surface area contributed by atoms with Crippen LogP contribution in [0, 0.1) is 13.8 Å². The van der Waals surface area contributed by atoms with E-state index >= 15 is 0 Å². The molecule has 1 saturated heterocycles. The molecule has 1 fully saturated rings. The van der Waals surface area contributed by atoms with Crippen molar-refractivity contribution in [3.05, 3.63) is 77.6 Å². The normalized spacial score (nSPS) is 14.4. The van der Waals surface area contributed by atoms with Gasteiger partial charge in [0.2, 0.25) is 0 Å². The Bertz CT molecular complexity index is 1070. The van der Waals surface area contributed by atoms with Gasteiger partial charge in [0.05, 0.1) is 24.1 Å². The van der Waals surface area contributed by atoms with Crippen LogP contribution in [0.1, 0.15) is 29.5 Å². The van der Waals surface area contributed by atoms with Crippen LogP contribution < -0.4 is 15.5 Å². The quantitative estimate of drug-likeness (QED) is 0.597. The summed E-state index contributed by atoms with van der Waals surface area (Å²) in [6.45, 7) is 5.98. The highest BCUT2D eigenvalue weighted by Gasteiger charge is 2.27. The maximum atomic E-state index is 12.4. The second-order valence-corrected chi connectivity index (χ2v) is 8.61. The van der Waals surface area contributed by atoms with Crippen molar-refractivity contribution in [1.29, 1.82) is 0 Å². The minimum atomic E-state index is -0.997. The molecule has 0 aliphatic carbocycles. The Morgan fingerprint density at radius 1 is 1.09 bits per heavy atom. The molecule has 32 heavy (non-hydrogen) atoms. The lowest BCUT2D eigenvalue weighted by Gasteiger charge is -2.36. The van der Waals surface area contributed by atoms with Crippen LogP contribution in [0.25, 0.3) is 11.1 Å². The lowest BCUT2D eigenvalue weighted by Crippen LogP contribution is -2.41. The predicted molar refractivity (Wildman–Crippen MR) is 129 cm³/mol. The van der Waals surface area contributed by atoms with E-state index in [4.69, 9.17) is 5.73 Å². The molecule has 0 atom stereocenters. The topological polar surface area (TPSA) is 82.7 Å². The van der Waals surface area contributed by atoms with Crippen LogP contribution in [0.2, 0.25) is 0 Å². The van der Waals surface area contributed by atoms with E-state index in [1.54, 1.807) is 6.20 Å². The molecule has 1 aromatic heterocycles. The number of benzene rings is 2. The summed E-state index contributed by atoms with van der Waals surface area (Å²) >= 11 is 0. The van der Waals surface area contributed by atoms with Gasteiger partial charge in [0, 0.05) is 30.9 Å². The van der Waals surface area contributed by atoms with Crippen LogP contribution >= 0.6 is 0 Å². The molecule has 1 aliphatic heterocycles. The van der Waals surface area contributed by atoms with Crippen LogP contribution in [0.3, 0.4) is 0 Å². The number of carbonyl (C=O) groups is 1. The monoisotopic (exact) mass is 430 g/mol. The van der Waals surface area contributed by atoms with Crippen molar-refractivity contribution in [2.24, 2.45) is 5.73 Å². The molecule has 2 heterocycles. The lowest BCUT2D eigenvalue weighted by atomic mass is 9.97. The molecule has 1 amide bonds. The third-order valence-electron chi connectivity index (χ3n) is 5.99. The Labute approximate surface area is 189 Å². The van der Waals surface area contributed by atoms with Crippen molar-refractivity contribution in [3.63, 3.8) is 0 Å². The highest BCUT2D eigenvalue weighted by Crippen LogP contribution is 2.40. The van der Waals surface area contributed by atoms with Gasteiger partial charge >= 0.3 is 6.09 Å². The molecule has 4 rings (SSSR count). The number of piperidine rings is 1. The van der Waals surface area contributed by atoms with E-state index in [0.717, 1.165) is 59.4 Å². The van der Waals surface area contributed by atoms with Crippen LogP contribution in [-0.4, -0.2) is 35.3 Å². The molecule has 0 bridgehead atoms. The first-order valence-corrected chi connectivity index (χ1v) is 11.0. The van der Waals surface area contributed by atoms with Crippen molar-refractivity contribution in [2.45, 2.75) is 39.3 Å². The van der Waals surface area contributed by atoms with Gasteiger partial charge in [0.1, 0.15) is 0 Å². The van der Waals surface area contributed by atoms with Crippen molar-refractivity contribution in [2.75, 3.05) is 22.9 Å². The summed E-state index contributed by atoms with van der Waals surface area (Å²) in [5.41, 5.74) is 12.9. The molecular weight excluding hydrogens is 400 g/mol. The molecular formula is C26H30N4O2. The van der Waals surface area contributed by atoms with E-state index in [0.29, 0.717) is 5.69 Å². The van der Waals surface area contributed by atoms with Gasteiger partial charge < -0.3 is 15.7 Å². The number of aryl methyl sites for hydroxylation is 2. The highest BCUT2D eigenvalue weighted by atomic mass is 16.4. The third kappa shape index (κ3) is 4.75. The summed E-state index contributed by atoms with van der Waals surface area (Å²) < 4.78 is 0. The molecule has 0 spiro atoms. The number of hydrogen-bond acceptors (Lipinski definition) is 4. The minimum absolute atomic E-state index is 0.182. The van der Waals surface area contributed by atoms with E-state index in [9.17, 15) is 9.90 Å². The molecule has 1 aliphatic rings. The first-order chi connectivity index (χ1) is 15.4. The van der Waals surface area contributed by atoms with E-state index in [2.05, 4.69) is 41.9 Å². The summed E-state index contributed by atoms with van der Waals surface area (Å²) in [5, 5.41) is 10.2. The third-order valence-corrected chi connectivity index (χ3v) is 5.99. The standard InChI is InChI=1S/C26H30N4O2/c1-18-12-19(2)14-21(13-18)23-15-28-16-24(25(23)29-10-8-22(27)9-11-29)30(26(31)32)17-20-6-4-3-5-7-20/h3-7,12-16,22H,8-11,17,27H2,1-2H3,(H,31,32). The molecule has 3 aromatic rings. The molecule has 2 aromatic carbocycles. The molecule has 166 valence electrons. The van der Waals surface area contributed by atoms with E-state index in [-0.39, 0.29) is 12.6 Å². The van der Waals surface area contributed by atoms with E-state index in [1.165, 1.54) is 4.90 Å². The Morgan fingerprint density at radius 2 is 1.75 bits per heavy atom. The summed E-state index contributed by atoms with van der Waals surface area (Å²) in [6.07, 6.45) is 4.28. The van der Waals surface area contributed by atoms with Gasteiger partial charge in [0.25, 0.3) is 0 Å². The van der Waals surface area contributed by atoms with Crippen molar-refractivity contribution in [3.8, 4) is 11.1 Å². The maximum Gasteiger partial charge on any atom is 0.412 e. The average Bonchev–Trinajstić information content (AvgIpc) is 2.77. The Kier molecular flexibility index (Phi) is 6.42. The summed E-state index contributed by atoms with van der Waals surface area (Å²) in [7, 11) is 0. The van der Waals surface area contributed by atoms with Crippen molar-refractivity contribution >= 4 is 17.5 Å². The number of amides is 1. The van der Waals surface area contributed by atoms with Crippen LogP contribution in [-0.2, 0) is 6.54 Å². The summed E-state index contributed by atoms with van der Waals surface area (Å²) in [5.74, 6) is 0. The van der Waals surface area contributed by atoms with Crippen LogP contribution in [0.15, 0.2) is 60.9 Å². The molecule has 0 unspecified atom stereocenters. The molecule has 0 radical (unpaired) electrons. The zero-order chi connectivity index (χ0) is 22.7. The Morgan fingerprint density at radius 3 is 2.38 bits per heavy atom. The van der Waals surface area contributed by atoms with Gasteiger partial charge in [-0.2, -0.15) is 0 Å². The van der Waals surface area contributed by atoms with Gasteiger partial charge in [-0.3, -0.25) is 9.88 Å². The van der Waals surface area contributed by atoms with Gasteiger partial charge in [-0.25, -0.2) is 4.79 Å². The fourth-order valence-electron chi connectivity index (χ4n) is 4.46. The van der Waals surface area contributed by atoms with Gasteiger partial charge in [-0.1, -0.05) is 59.7 Å². The first-order valence-electron chi connectivity index (χ1n) is 11.0. The number of aromatic nitrogens is 1. The zero-order valence-electron chi connectivity index (χ0n) is 18.7. The van der Waals surface area contributed by atoms with Gasteiger partial charge in [-0.05, 0) is 37.8 Å². The fourth-order valence-corrected chi connectivity index (χ4v) is 4.46. The maximum absolute atomic E-state index is 12.4. The molecule has 0 saturated carbocycles. The number of nitrogens with two attached hydrogens (primary N) is 1. The molecule has 3 N–H and O–H groups in total. The Hall–Kier alpha value is -3.38. The second-order valence-electron chi connectivity index (χ2n) is 8.61. The first kappa shape index (κ1) is 21.8. The molecule has 6 nitrogen and oxygen atoms in total. The fraction of sp³-hybridized carbons (Fsp3) is 0.308. The van der Waals surface area contributed by atoms with Crippen molar-refractivity contribution in [1.82, 2.24) is 4.98 Å². The summed E-state index contributed by atoms with van der Waals surface area (Å²) in [6, 6.07) is 16.2. The van der Waals surface area contributed by atoms with Crippen molar-refractivity contribution < 1.29 is 9.90 Å². The number of rotatable bonds is 5.